The number of carbonyl (C=O) groups excluding carboxylic acids is 1. The first-order valence-electron chi connectivity index (χ1n) is 7.72. The molecule has 0 spiro atoms. The van der Waals surface area contributed by atoms with Crippen LogP contribution in [0, 0.1) is 0 Å². The van der Waals surface area contributed by atoms with E-state index < -0.39 is 5.60 Å². The molecule has 6 heteroatoms. The zero-order chi connectivity index (χ0) is 17.3. The van der Waals surface area contributed by atoms with Crippen molar-refractivity contribution >= 4 is 18.6 Å². The van der Waals surface area contributed by atoms with Crippen LogP contribution in [0.15, 0.2) is 30.3 Å². The Morgan fingerprint density at radius 1 is 1.22 bits per heavy atom. The van der Waals surface area contributed by atoms with Gasteiger partial charge in [-0.1, -0.05) is 30.3 Å². The van der Waals surface area contributed by atoms with E-state index in [2.05, 4.69) is 12.6 Å². The number of hydrogen-bond donors (Lipinski definition) is 2. The lowest BCUT2D eigenvalue weighted by Crippen LogP contribution is -2.43. The molecule has 1 atom stereocenters. The van der Waals surface area contributed by atoms with Crippen molar-refractivity contribution in [1.82, 2.24) is 9.80 Å². The lowest BCUT2D eigenvalue weighted by Gasteiger charge is -2.28. The van der Waals surface area contributed by atoms with E-state index >= 15 is 0 Å². The van der Waals surface area contributed by atoms with Crippen molar-refractivity contribution in [2.45, 2.75) is 19.1 Å². The van der Waals surface area contributed by atoms with Gasteiger partial charge in [0.05, 0.1) is 12.1 Å². The first kappa shape index (κ1) is 20.0. The topological polar surface area (TPSA) is 53.0 Å². The molecule has 23 heavy (non-hydrogen) atoms. The minimum absolute atomic E-state index is 0.235. The maximum absolute atomic E-state index is 11.8. The summed E-state index contributed by atoms with van der Waals surface area (Å²) in [6, 6.07) is 9.63. The van der Waals surface area contributed by atoms with E-state index in [1.54, 1.807) is 6.92 Å². The van der Waals surface area contributed by atoms with Crippen LogP contribution in [0.3, 0.4) is 0 Å². The Labute approximate surface area is 144 Å². The van der Waals surface area contributed by atoms with Crippen LogP contribution in [0.4, 0.5) is 0 Å². The molecule has 5 nitrogen and oxygen atoms in total. The third-order valence-electron chi connectivity index (χ3n) is 3.46. The Kier molecular flexibility index (Phi) is 8.62. The van der Waals surface area contributed by atoms with Gasteiger partial charge in [-0.25, -0.2) is 0 Å². The van der Waals surface area contributed by atoms with Crippen molar-refractivity contribution in [3.8, 4) is 0 Å². The molecule has 0 aliphatic heterocycles. The molecule has 0 fully saturated rings. The Bertz CT molecular complexity index is 468. The maximum Gasteiger partial charge on any atom is 0.320 e. The fourth-order valence-electron chi connectivity index (χ4n) is 2.14. The average Bonchev–Trinajstić information content (AvgIpc) is 2.51. The molecule has 0 unspecified atom stereocenters. The third-order valence-corrected chi connectivity index (χ3v) is 4.14. The normalized spacial score (nSPS) is 14.0. The predicted molar refractivity (Wildman–Crippen MR) is 95.7 cm³/mol. The highest BCUT2D eigenvalue weighted by Crippen LogP contribution is 2.07. The first-order valence-corrected chi connectivity index (χ1v) is 8.35. The fraction of sp³-hybridized carbons (Fsp3) is 0.588. The number of hydrogen-bond acceptors (Lipinski definition) is 6. The fourth-order valence-corrected chi connectivity index (χ4v) is 2.24. The average molecular weight is 340 g/mol. The summed E-state index contributed by atoms with van der Waals surface area (Å²) < 4.78 is 5.26. The second-order valence-electron chi connectivity index (χ2n) is 6.28. The van der Waals surface area contributed by atoms with Gasteiger partial charge in [0.2, 0.25) is 0 Å². The summed E-state index contributed by atoms with van der Waals surface area (Å²) in [6.45, 7) is 4.35. The molecule has 1 aromatic rings. The maximum atomic E-state index is 11.8. The SMILES string of the molecule is CN(CCN(C)C[C@](C)(O)CS)CC(=O)OCc1ccccc1. The van der Waals surface area contributed by atoms with Crippen LogP contribution in [0.25, 0.3) is 0 Å². The Morgan fingerprint density at radius 3 is 2.43 bits per heavy atom. The van der Waals surface area contributed by atoms with E-state index in [0.717, 1.165) is 18.7 Å². The van der Waals surface area contributed by atoms with Crippen LogP contribution < -0.4 is 0 Å². The molecule has 0 heterocycles. The van der Waals surface area contributed by atoms with Crippen LogP contribution in [0.1, 0.15) is 12.5 Å². The molecule has 1 aromatic carbocycles. The van der Waals surface area contributed by atoms with Crippen molar-refractivity contribution in [3.05, 3.63) is 35.9 Å². The molecule has 0 saturated heterocycles. The zero-order valence-electron chi connectivity index (χ0n) is 14.2. The lowest BCUT2D eigenvalue weighted by atomic mass is 10.1. The minimum atomic E-state index is -0.801. The van der Waals surface area contributed by atoms with Gasteiger partial charge in [-0.2, -0.15) is 12.6 Å². The Hall–Kier alpha value is -1.08. The molecule has 130 valence electrons. The number of thiol groups is 1. The van der Waals surface area contributed by atoms with Crippen molar-refractivity contribution < 1.29 is 14.6 Å². The number of ether oxygens (including phenoxy) is 1. The summed E-state index contributed by atoms with van der Waals surface area (Å²) in [7, 11) is 3.83. The van der Waals surface area contributed by atoms with Gasteiger partial charge in [0, 0.05) is 25.4 Å². The van der Waals surface area contributed by atoms with Gasteiger partial charge in [0.25, 0.3) is 0 Å². The molecule has 0 bridgehead atoms. The first-order chi connectivity index (χ1) is 10.8. The van der Waals surface area contributed by atoms with Crippen LogP contribution >= 0.6 is 12.6 Å². The van der Waals surface area contributed by atoms with Crippen molar-refractivity contribution in [2.75, 3.05) is 46.0 Å². The van der Waals surface area contributed by atoms with Crippen LogP contribution in [-0.4, -0.2) is 72.5 Å². The number of likely N-dealkylation sites (N-methyl/N-ethyl adjacent to an activating group) is 2. The monoisotopic (exact) mass is 340 g/mol. The minimum Gasteiger partial charge on any atom is -0.460 e. The second kappa shape index (κ2) is 9.93. The van der Waals surface area contributed by atoms with E-state index in [0.29, 0.717) is 18.9 Å². The zero-order valence-corrected chi connectivity index (χ0v) is 15.1. The molecular weight excluding hydrogens is 312 g/mol. The van der Waals surface area contributed by atoms with E-state index in [1.807, 2.05) is 54.2 Å². The number of nitrogens with zero attached hydrogens (tertiary/aromatic N) is 2. The standard InChI is InChI=1S/C17H28N2O3S/c1-17(21,14-23)13-19(3)10-9-18(2)11-16(20)22-12-15-7-5-4-6-8-15/h4-8,21,23H,9-14H2,1-3H3/t17-/m0/s1. The predicted octanol–water partition coefficient (Wildman–Crippen LogP) is 1.27. The molecule has 1 N–H and O–H groups in total. The highest BCUT2D eigenvalue weighted by atomic mass is 32.1. The van der Waals surface area contributed by atoms with Gasteiger partial charge in [-0.15, -0.1) is 0 Å². The lowest BCUT2D eigenvalue weighted by molar-refractivity contribution is -0.146. The molecule has 0 aliphatic rings. The number of esters is 1. The number of aliphatic hydroxyl groups is 1. The summed E-state index contributed by atoms with van der Waals surface area (Å²) in [5.41, 5.74) is 0.183. The summed E-state index contributed by atoms with van der Waals surface area (Å²) in [6.07, 6.45) is 0. The van der Waals surface area contributed by atoms with Gasteiger partial charge in [0.15, 0.2) is 0 Å². The third kappa shape index (κ3) is 8.95. The van der Waals surface area contributed by atoms with E-state index in [4.69, 9.17) is 4.74 Å². The van der Waals surface area contributed by atoms with Crippen molar-refractivity contribution in [1.29, 1.82) is 0 Å². The highest BCUT2D eigenvalue weighted by Gasteiger charge is 2.20. The molecule has 0 amide bonds. The van der Waals surface area contributed by atoms with Crippen molar-refractivity contribution in [3.63, 3.8) is 0 Å². The van der Waals surface area contributed by atoms with Crippen LogP contribution in [-0.2, 0) is 16.1 Å². The number of carbonyl (C=O) groups is 1. The van der Waals surface area contributed by atoms with Gasteiger partial charge in [-0.05, 0) is 26.6 Å². The van der Waals surface area contributed by atoms with Crippen molar-refractivity contribution in [2.24, 2.45) is 0 Å². The van der Waals surface area contributed by atoms with Crippen LogP contribution in [0.5, 0.6) is 0 Å². The van der Waals surface area contributed by atoms with Gasteiger partial charge < -0.3 is 14.7 Å². The summed E-state index contributed by atoms with van der Waals surface area (Å²) in [4.78, 5) is 15.8. The van der Waals surface area contributed by atoms with Gasteiger partial charge in [-0.3, -0.25) is 9.69 Å². The number of benzene rings is 1. The second-order valence-corrected chi connectivity index (χ2v) is 6.59. The Morgan fingerprint density at radius 2 is 1.83 bits per heavy atom. The highest BCUT2D eigenvalue weighted by molar-refractivity contribution is 7.80. The molecule has 0 aliphatic carbocycles. The molecular formula is C17H28N2O3S. The molecule has 1 rings (SSSR count). The summed E-state index contributed by atoms with van der Waals surface area (Å²) in [5.74, 6) is 0.181. The van der Waals surface area contributed by atoms with Gasteiger partial charge >= 0.3 is 5.97 Å². The molecule has 0 aromatic heterocycles. The smallest absolute Gasteiger partial charge is 0.320 e. The largest absolute Gasteiger partial charge is 0.460 e. The molecule has 0 radical (unpaired) electrons. The Balaban J connectivity index is 2.22. The van der Waals surface area contributed by atoms with Gasteiger partial charge in [0.1, 0.15) is 6.61 Å². The van der Waals surface area contributed by atoms with E-state index in [9.17, 15) is 9.90 Å². The quantitative estimate of drug-likeness (QED) is 0.496. The number of rotatable bonds is 10. The van der Waals surface area contributed by atoms with E-state index in [1.165, 1.54) is 0 Å². The summed E-state index contributed by atoms with van der Waals surface area (Å²) in [5, 5.41) is 9.98. The molecule has 0 saturated carbocycles. The summed E-state index contributed by atoms with van der Waals surface area (Å²) >= 11 is 4.13. The van der Waals surface area contributed by atoms with E-state index in [-0.39, 0.29) is 12.5 Å². The van der Waals surface area contributed by atoms with Crippen LogP contribution in [0.2, 0.25) is 0 Å².